The minimum Gasteiger partial charge on any atom is -0.427 e. The summed E-state index contributed by atoms with van der Waals surface area (Å²) < 4.78 is 24.8. The molecule has 0 atom stereocenters. The Balaban J connectivity index is 2.23. The van der Waals surface area contributed by atoms with Crippen molar-refractivity contribution >= 4 is 17.3 Å². The predicted octanol–water partition coefficient (Wildman–Crippen LogP) is 5.49. The van der Waals surface area contributed by atoms with Crippen LogP contribution in [0, 0.1) is 5.82 Å². The van der Waals surface area contributed by atoms with Crippen LogP contribution in [0.1, 0.15) is 52.7 Å². The van der Waals surface area contributed by atoms with E-state index in [1.54, 1.807) is 39.8 Å². The zero-order valence-corrected chi connectivity index (χ0v) is 18.3. The molecule has 0 amide bonds. The van der Waals surface area contributed by atoms with Crippen molar-refractivity contribution in [2.45, 2.75) is 59.2 Å². The van der Waals surface area contributed by atoms with E-state index in [1.165, 1.54) is 19.1 Å². The minimum atomic E-state index is -1.07. The topological polar surface area (TPSA) is 52.6 Å². The Morgan fingerprint density at radius 3 is 2.17 bits per heavy atom. The van der Waals surface area contributed by atoms with Gasteiger partial charge in [0.1, 0.15) is 17.0 Å². The van der Waals surface area contributed by atoms with Crippen molar-refractivity contribution in [1.29, 1.82) is 0 Å². The maximum absolute atomic E-state index is 13.4. The van der Waals surface area contributed by atoms with Gasteiger partial charge in [0.2, 0.25) is 0 Å². The first-order valence-electron chi connectivity index (χ1n) is 10.0. The van der Waals surface area contributed by atoms with Gasteiger partial charge >= 0.3 is 5.97 Å². The van der Waals surface area contributed by atoms with Gasteiger partial charge in [0, 0.05) is 6.92 Å². The zero-order valence-electron chi connectivity index (χ0n) is 18.3. The second-order valence-electron chi connectivity index (χ2n) is 8.48. The molecule has 0 spiro atoms. The number of aryl methyl sites for hydroxylation is 1. The van der Waals surface area contributed by atoms with Crippen LogP contribution in [0.2, 0.25) is 0 Å². The first-order valence-corrected chi connectivity index (χ1v) is 10.0. The molecular weight excluding hydrogens is 383 g/mol. The number of hydrogen-bond acceptors (Lipinski definition) is 4. The Morgan fingerprint density at radius 1 is 1.00 bits per heavy atom. The Kier molecular flexibility index (Phi) is 5.70. The maximum Gasteiger partial charge on any atom is 0.307 e. The number of benzene rings is 2. The molecule has 3 rings (SSSR count). The fraction of sp³-hybridized carbons (Fsp3) is 0.360. The van der Waals surface area contributed by atoms with Gasteiger partial charge in [-0.2, -0.15) is 0 Å². The van der Waals surface area contributed by atoms with Crippen molar-refractivity contribution < 1.29 is 23.5 Å². The fourth-order valence-electron chi connectivity index (χ4n) is 3.95. The molecule has 0 unspecified atom stereocenters. The number of ether oxygens (including phenoxy) is 2. The molecular formula is C25H27FO4. The lowest BCUT2D eigenvalue weighted by Gasteiger charge is -2.42. The summed E-state index contributed by atoms with van der Waals surface area (Å²) in [4.78, 5) is 25.2. The zero-order chi connectivity index (χ0) is 22.3. The van der Waals surface area contributed by atoms with E-state index in [-0.39, 0.29) is 17.4 Å². The SMILES string of the molecule is CCc1cc(-c2ccc(F)cc2)ccc1C1=C(OC(C)=O)C(C)(C)OC(C)(C)C1=O. The third-order valence-corrected chi connectivity index (χ3v) is 5.24. The fourth-order valence-corrected chi connectivity index (χ4v) is 3.95. The van der Waals surface area contributed by atoms with Gasteiger partial charge in [-0.25, -0.2) is 4.39 Å². The molecule has 0 aliphatic carbocycles. The number of carbonyl (C=O) groups is 2. The van der Waals surface area contributed by atoms with E-state index in [1.807, 2.05) is 25.1 Å². The van der Waals surface area contributed by atoms with Crippen LogP contribution in [0.3, 0.4) is 0 Å². The number of Topliss-reactive ketones (excluding diaryl/α,β-unsaturated/α-hetero) is 1. The highest BCUT2D eigenvalue weighted by atomic mass is 19.1. The molecule has 0 saturated heterocycles. The third-order valence-electron chi connectivity index (χ3n) is 5.24. The molecule has 0 saturated carbocycles. The molecule has 0 fully saturated rings. The number of ketones is 1. The molecule has 5 heteroatoms. The van der Waals surface area contributed by atoms with Gasteiger partial charge in [-0.15, -0.1) is 0 Å². The van der Waals surface area contributed by atoms with Crippen LogP contribution >= 0.6 is 0 Å². The van der Waals surface area contributed by atoms with Crippen molar-refractivity contribution in [3.8, 4) is 11.1 Å². The molecule has 2 aromatic carbocycles. The van der Waals surface area contributed by atoms with Crippen molar-refractivity contribution in [2.75, 3.05) is 0 Å². The van der Waals surface area contributed by atoms with Crippen LogP contribution in [-0.4, -0.2) is 23.0 Å². The normalized spacial score (nSPS) is 17.8. The standard InChI is InChI=1S/C25H27FO4/c1-7-16-14-18(17-8-11-19(26)12-9-17)10-13-20(16)21-22(28)24(3,4)30-25(5,6)23(21)29-15(2)27/h8-14H,7H2,1-6H3. The van der Waals surface area contributed by atoms with E-state index >= 15 is 0 Å². The van der Waals surface area contributed by atoms with Gasteiger partial charge in [0.05, 0.1) is 5.57 Å². The number of halogens is 1. The summed E-state index contributed by atoms with van der Waals surface area (Å²) >= 11 is 0. The summed E-state index contributed by atoms with van der Waals surface area (Å²) in [7, 11) is 0. The predicted molar refractivity (Wildman–Crippen MR) is 114 cm³/mol. The summed E-state index contributed by atoms with van der Waals surface area (Å²) in [6.45, 7) is 10.3. The smallest absolute Gasteiger partial charge is 0.307 e. The summed E-state index contributed by atoms with van der Waals surface area (Å²) in [5.74, 6) is -0.807. The van der Waals surface area contributed by atoms with Crippen LogP contribution in [0.5, 0.6) is 0 Å². The Morgan fingerprint density at radius 2 is 1.60 bits per heavy atom. The first-order chi connectivity index (χ1) is 14.0. The number of esters is 1. The summed E-state index contributed by atoms with van der Waals surface area (Å²) in [5, 5.41) is 0. The van der Waals surface area contributed by atoms with Gasteiger partial charge in [-0.05, 0) is 68.5 Å². The monoisotopic (exact) mass is 410 g/mol. The third kappa shape index (κ3) is 4.08. The lowest BCUT2D eigenvalue weighted by molar-refractivity contribution is -0.165. The maximum atomic E-state index is 13.4. The van der Waals surface area contributed by atoms with Crippen LogP contribution in [-0.2, 0) is 25.5 Å². The Bertz CT molecular complexity index is 1030. The molecule has 0 bridgehead atoms. The molecule has 4 nitrogen and oxygen atoms in total. The molecule has 158 valence electrons. The van der Waals surface area contributed by atoms with Crippen LogP contribution in [0.15, 0.2) is 48.2 Å². The van der Waals surface area contributed by atoms with Crippen LogP contribution in [0.25, 0.3) is 16.7 Å². The minimum absolute atomic E-state index is 0.226. The Labute approximate surface area is 176 Å². The van der Waals surface area contributed by atoms with Gasteiger partial charge in [-0.3, -0.25) is 9.59 Å². The highest BCUT2D eigenvalue weighted by Gasteiger charge is 2.48. The molecule has 0 radical (unpaired) electrons. The largest absolute Gasteiger partial charge is 0.427 e. The number of hydrogen-bond donors (Lipinski definition) is 0. The molecule has 1 aliphatic heterocycles. The quantitative estimate of drug-likeness (QED) is 0.626. The summed E-state index contributed by atoms with van der Waals surface area (Å²) in [5.41, 5.74) is 1.79. The van der Waals surface area contributed by atoms with E-state index in [4.69, 9.17) is 9.47 Å². The summed E-state index contributed by atoms with van der Waals surface area (Å²) in [6, 6.07) is 12.0. The highest BCUT2D eigenvalue weighted by molar-refractivity contribution is 6.26. The summed E-state index contributed by atoms with van der Waals surface area (Å²) in [6.07, 6.45) is 0.663. The van der Waals surface area contributed by atoms with Gasteiger partial charge < -0.3 is 9.47 Å². The van der Waals surface area contributed by atoms with Crippen molar-refractivity contribution in [3.63, 3.8) is 0 Å². The number of carbonyl (C=O) groups excluding carboxylic acids is 2. The molecule has 30 heavy (non-hydrogen) atoms. The lowest BCUT2D eigenvalue weighted by Crippen LogP contribution is -2.50. The average Bonchev–Trinajstić information content (AvgIpc) is 2.66. The molecule has 1 aliphatic rings. The Hall–Kier alpha value is -2.79. The van der Waals surface area contributed by atoms with Crippen LogP contribution in [0.4, 0.5) is 4.39 Å². The van der Waals surface area contributed by atoms with Crippen molar-refractivity contribution in [2.24, 2.45) is 0 Å². The van der Waals surface area contributed by atoms with E-state index in [9.17, 15) is 14.0 Å². The van der Waals surface area contributed by atoms with Crippen LogP contribution < -0.4 is 0 Å². The van der Waals surface area contributed by atoms with E-state index in [0.717, 1.165) is 16.7 Å². The van der Waals surface area contributed by atoms with Crippen molar-refractivity contribution in [1.82, 2.24) is 0 Å². The lowest BCUT2D eigenvalue weighted by atomic mass is 9.81. The van der Waals surface area contributed by atoms with Gasteiger partial charge in [-0.1, -0.05) is 37.3 Å². The molecule has 2 aromatic rings. The van der Waals surface area contributed by atoms with Gasteiger partial charge in [0.15, 0.2) is 11.5 Å². The van der Waals surface area contributed by atoms with E-state index in [2.05, 4.69) is 0 Å². The second kappa shape index (κ2) is 7.80. The van der Waals surface area contributed by atoms with E-state index in [0.29, 0.717) is 17.6 Å². The molecule has 0 aromatic heterocycles. The van der Waals surface area contributed by atoms with Gasteiger partial charge in [0.25, 0.3) is 0 Å². The van der Waals surface area contributed by atoms with Crippen molar-refractivity contribution in [3.05, 3.63) is 65.2 Å². The first kappa shape index (κ1) is 21.9. The average molecular weight is 410 g/mol. The number of rotatable bonds is 4. The highest BCUT2D eigenvalue weighted by Crippen LogP contribution is 2.43. The molecule has 1 heterocycles. The molecule has 0 N–H and O–H groups in total. The van der Waals surface area contributed by atoms with E-state index < -0.39 is 17.2 Å². The second-order valence-corrected chi connectivity index (χ2v) is 8.48.